The molecule has 20 nitrogen and oxygen atoms in total. The topological polar surface area (TPSA) is 228 Å². The lowest BCUT2D eigenvalue weighted by molar-refractivity contribution is -0.141. The van der Waals surface area contributed by atoms with Gasteiger partial charge in [0.2, 0.25) is 11.8 Å². The molecule has 6 aliphatic heterocycles. The van der Waals surface area contributed by atoms with Crippen LogP contribution in [0.2, 0.25) is 0 Å². The Morgan fingerprint density at radius 3 is 2.49 bits per heavy atom. The van der Waals surface area contributed by atoms with Crippen molar-refractivity contribution in [1.82, 2.24) is 50.4 Å². The number of benzene rings is 3. The van der Waals surface area contributed by atoms with E-state index in [0.717, 1.165) is 124 Å². The highest BCUT2D eigenvalue weighted by molar-refractivity contribution is 7.13. The SMILES string of the molecule is Cc1ncsc1-c1ccc([C@H](C)NC(=O)[C@@H]2C[C@@H](O)CN2C(=O)[C@H](c2cc(N3CCN(C(=O)OC[C@H]4CC[C@@]5(COc6nc(N7CC8CCC(C7)N8)c7cnc8c(c7n6)C(C)c6cccc7cc(O)cc-8c67)CCCN45)CC3)no2)C(C)C)cc1. The quantitative estimate of drug-likeness (QED) is 0.0803. The predicted octanol–water partition coefficient (Wildman–Crippen LogP) is 8.29. The standard InChI is InChI=1S/C64H74N12O8S/c1-35(2)53(61(80)75-31-46(78)26-50(75)60(79)67-37(4)39-10-12-40(13-11-39)58-38(5)66-34-85-58)51-27-52(71-84-51)72-20-22-73(23-21-72)63(81)82-32-44-16-18-64(17-7-19-76(44)64)33-83-62-69-57-49(59(70-62)74-29-42-14-15-43(30-74)68-42)28-65-56-48-25-45(77)24-41-8-6-9-47(55(41)48)36(3)54(56)57/h6,8-13,24-25,27-28,34-37,42-44,46,50,53,68,77-78H,7,14-23,26,29-33H2,1-5H3,(H,67,79)/t36?,37-,42?,43?,44+,46+,50-,53-,64+/m0/s1. The van der Waals surface area contributed by atoms with E-state index in [1.165, 1.54) is 10.5 Å². The number of ether oxygens (including phenoxy) is 2. The average molecular weight is 1170 g/mol. The van der Waals surface area contributed by atoms with Crippen molar-refractivity contribution < 1.29 is 38.6 Å². The van der Waals surface area contributed by atoms with E-state index in [1.807, 2.05) is 86.8 Å². The van der Waals surface area contributed by atoms with E-state index in [4.69, 9.17) is 28.9 Å². The second-order valence-electron chi connectivity index (χ2n) is 25.2. The molecule has 444 valence electrons. The number of piperazine rings is 2. The Morgan fingerprint density at radius 2 is 1.73 bits per heavy atom. The number of rotatable bonds is 14. The summed E-state index contributed by atoms with van der Waals surface area (Å²) in [4.78, 5) is 73.5. The summed E-state index contributed by atoms with van der Waals surface area (Å²) in [5.74, 6) is 0.415. The molecule has 1 aliphatic carbocycles. The van der Waals surface area contributed by atoms with Crippen molar-refractivity contribution in [3.8, 4) is 33.5 Å². The van der Waals surface area contributed by atoms with Crippen LogP contribution in [0.25, 0.3) is 43.4 Å². The van der Waals surface area contributed by atoms with E-state index >= 15 is 0 Å². The largest absolute Gasteiger partial charge is 0.508 e. The first-order valence-corrected chi connectivity index (χ1v) is 31.3. The maximum Gasteiger partial charge on any atom is 0.409 e. The number of carbonyl (C=O) groups is 3. The Balaban J connectivity index is 0.605. The maximum absolute atomic E-state index is 14.5. The van der Waals surface area contributed by atoms with Crippen LogP contribution in [0.4, 0.5) is 16.4 Å². The van der Waals surface area contributed by atoms with Gasteiger partial charge in [-0.3, -0.25) is 19.5 Å². The molecule has 3 amide bonds. The summed E-state index contributed by atoms with van der Waals surface area (Å²) < 4.78 is 18.9. The van der Waals surface area contributed by atoms with Gasteiger partial charge in [0.15, 0.2) is 11.6 Å². The fourth-order valence-corrected chi connectivity index (χ4v) is 16.0. The van der Waals surface area contributed by atoms with Crippen molar-refractivity contribution in [2.45, 2.75) is 133 Å². The van der Waals surface area contributed by atoms with Crippen LogP contribution in [0.3, 0.4) is 0 Å². The molecule has 4 aromatic heterocycles. The second kappa shape index (κ2) is 22.1. The number of likely N-dealkylation sites (tertiary alicyclic amines) is 1. The van der Waals surface area contributed by atoms with Crippen LogP contribution >= 0.6 is 11.3 Å². The van der Waals surface area contributed by atoms with E-state index in [2.05, 4.69) is 49.6 Å². The summed E-state index contributed by atoms with van der Waals surface area (Å²) in [6.45, 7) is 15.1. The zero-order chi connectivity index (χ0) is 58.4. The number of aryl methyl sites for hydroxylation is 1. The maximum atomic E-state index is 14.5. The molecule has 21 heteroatoms. The van der Waals surface area contributed by atoms with Crippen molar-refractivity contribution >= 4 is 62.6 Å². The number of aromatic hydroxyl groups is 1. The summed E-state index contributed by atoms with van der Waals surface area (Å²) in [6, 6.07) is 19.8. The van der Waals surface area contributed by atoms with Crippen LogP contribution in [0.15, 0.2) is 76.9 Å². The minimum Gasteiger partial charge on any atom is -0.508 e. The number of aromatic nitrogens is 5. The molecule has 10 heterocycles. The Kier molecular flexibility index (Phi) is 14.4. The lowest BCUT2D eigenvalue weighted by Gasteiger charge is -2.36. The molecule has 85 heavy (non-hydrogen) atoms. The monoisotopic (exact) mass is 1170 g/mol. The first-order valence-electron chi connectivity index (χ1n) is 30.5. The molecule has 14 rings (SSSR count). The molecule has 7 aliphatic rings. The molecule has 7 aromatic rings. The van der Waals surface area contributed by atoms with Gasteiger partial charge in [0.25, 0.3) is 0 Å². The molecule has 0 radical (unpaired) electrons. The minimum atomic E-state index is -0.854. The second-order valence-corrected chi connectivity index (χ2v) is 26.0. The number of anilines is 2. The van der Waals surface area contributed by atoms with Crippen LogP contribution in [-0.2, 0) is 14.3 Å². The van der Waals surface area contributed by atoms with Gasteiger partial charge in [-0.1, -0.05) is 68.4 Å². The number of amides is 3. The number of β-amino-alcohol motifs (C(OH)–C–C–N with tert-alkyl or cyclic N) is 1. The Morgan fingerprint density at radius 1 is 0.929 bits per heavy atom. The number of phenols is 1. The van der Waals surface area contributed by atoms with Crippen LogP contribution in [0.1, 0.15) is 119 Å². The van der Waals surface area contributed by atoms with Gasteiger partial charge >= 0.3 is 12.1 Å². The summed E-state index contributed by atoms with van der Waals surface area (Å²) in [7, 11) is 0. The predicted molar refractivity (Wildman–Crippen MR) is 323 cm³/mol. The number of hydrogen-bond donors (Lipinski definition) is 4. The molecule has 2 bridgehead atoms. The van der Waals surface area contributed by atoms with E-state index in [0.29, 0.717) is 62.5 Å². The molecular weight excluding hydrogens is 1100 g/mol. The average Bonchev–Trinajstić information content (AvgIpc) is 1.94. The van der Waals surface area contributed by atoms with Gasteiger partial charge in [-0.05, 0) is 104 Å². The number of aliphatic hydroxyl groups excluding tert-OH is 1. The van der Waals surface area contributed by atoms with Crippen LogP contribution in [0.5, 0.6) is 11.8 Å². The van der Waals surface area contributed by atoms with Crippen molar-refractivity contribution in [2.75, 3.05) is 75.4 Å². The highest BCUT2D eigenvalue weighted by Crippen LogP contribution is 2.49. The third-order valence-electron chi connectivity index (χ3n) is 19.6. The number of hydrogen-bond acceptors (Lipinski definition) is 18. The van der Waals surface area contributed by atoms with E-state index < -0.39 is 18.1 Å². The summed E-state index contributed by atoms with van der Waals surface area (Å²) in [5.41, 5.74) is 9.29. The molecular formula is C64H74N12O8S. The number of phenolic OH excluding ortho intramolecular Hbond substituents is 1. The van der Waals surface area contributed by atoms with Crippen LogP contribution < -0.4 is 25.2 Å². The third kappa shape index (κ3) is 10.1. The molecule has 0 saturated carbocycles. The highest BCUT2D eigenvalue weighted by Gasteiger charge is 2.51. The van der Waals surface area contributed by atoms with Gasteiger partial charge in [-0.25, -0.2) is 9.78 Å². The van der Waals surface area contributed by atoms with Gasteiger partial charge < -0.3 is 54.4 Å². The van der Waals surface area contributed by atoms with Crippen LogP contribution in [-0.4, -0.2) is 169 Å². The van der Waals surface area contributed by atoms with Gasteiger partial charge in [0.1, 0.15) is 36.7 Å². The van der Waals surface area contributed by atoms with Gasteiger partial charge in [-0.2, -0.15) is 9.97 Å². The lowest BCUT2D eigenvalue weighted by Crippen LogP contribution is -2.51. The van der Waals surface area contributed by atoms with Gasteiger partial charge in [0.05, 0.1) is 50.4 Å². The summed E-state index contributed by atoms with van der Waals surface area (Å²) >= 11 is 1.59. The number of nitrogens with one attached hydrogen (secondary N) is 2. The van der Waals surface area contributed by atoms with Crippen LogP contribution in [0, 0.1) is 12.8 Å². The van der Waals surface area contributed by atoms with Crippen molar-refractivity contribution in [3.05, 3.63) is 101 Å². The van der Waals surface area contributed by atoms with E-state index in [1.54, 1.807) is 22.3 Å². The molecule has 6 saturated heterocycles. The van der Waals surface area contributed by atoms with Crippen molar-refractivity contribution in [1.29, 1.82) is 0 Å². The molecule has 3 unspecified atom stereocenters. The smallest absolute Gasteiger partial charge is 0.409 e. The van der Waals surface area contributed by atoms with Gasteiger partial charge in [-0.15, -0.1) is 11.3 Å². The van der Waals surface area contributed by atoms with E-state index in [-0.39, 0.29) is 72.7 Å². The highest BCUT2D eigenvalue weighted by atomic mass is 32.1. The normalized spacial score (nSPS) is 25.2. The van der Waals surface area contributed by atoms with Crippen molar-refractivity contribution in [2.24, 2.45) is 5.92 Å². The first kappa shape index (κ1) is 55.4. The fraction of sp³-hybridized carbons (Fsp3) is 0.500. The Labute approximate surface area is 497 Å². The summed E-state index contributed by atoms with van der Waals surface area (Å²) in [5, 5.41) is 36.0. The van der Waals surface area contributed by atoms with Crippen molar-refractivity contribution in [3.63, 3.8) is 0 Å². The number of carbonyl (C=O) groups excluding carboxylic acids is 3. The first-order chi connectivity index (χ1) is 41.2. The number of fused-ring (bicyclic) bond motifs is 7. The third-order valence-corrected chi connectivity index (χ3v) is 20.5. The number of thiazole rings is 1. The fourth-order valence-electron chi connectivity index (χ4n) is 15.2. The number of nitrogens with zero attached hydrogens (tertiary/aromatic N) is 10. The Hall–Kier alpha value is -7.46. The van der Waals surface area contributed by atoms with E-state index in [9.17, 15) is 24.6 Å². The molecule has 3 aromatic carbocycles. The zero-order valence-corrected chi connectivity index (χ0v) is 49.7. The molecule has 0 spiro atoms. The minimum absolute atomic E-state index is 0.0165. The number of aliphatic hydroxyl groups is 1. The van der Waals surface area contributed by atoms with Gasteiger partial charge in [0, 0.05) is 99.7 Å². The Bertz CT molecular complexity index is 3710. The zero-order valence-electron chi connectivity index (χ0n) is 48.9. The lowest BCUT2D eigenvalue weighted by atomic mass is 9.79. The molecule has 9 atom stereocenters. The number of pyridine rings is 1. The summed E-state index contributed by atoms with van der Waals surface area (Å²) in [6.07, 6.45) is 6.87. The molecule has 6 fully saturated rings. The molecule has 4 N–H and O–H groups in total.